The van der Waals surface area contributed by atoms with Gasteiger partial charge in [0.05, 0.1) is 12.6 Å². The van der Waals surface area contributed by atoms with Gasteiger partial charge in [-0.05, 0) is 63.4 Å². The Morgan fingerprint density at radius 2 is 1.96 bits per heavy atom. The van der Waals surface area contributed by atoms with Crippen molar-refractivity contribution in [2.24, 2.45) is 17.1 Å². The Hall–Kier alpha value is -1.62. The van der Waals surface area contributed by atoms with Gasteiger partial charge >= 0.3 is 5.97 Å². The molecule has 0 aromatic heterocycles. The number of hydrogen-bond donors (Lipinski definition) is 2. The Balaban J connectivity index is 2.44. The van der Waals surface area contributed by atoms with Gasteiger partial charge in [0.1, 0.15) is 6.04 Å². The maximum Gasteiger partial charge on any atom is 0.328 e. The molecule has 1 unspecified atom stereocenters. The minimum Gasteiger partial charge on any atom is -0.464 e. The minimum absolute atomic E-state index is 0.235. The zero-order chi connectivity index (χ0) is 19.9. The molecule has 0 spiro atoms. The standard InChI is InChI=1S/C21H36N2O3/c1-14(9-10-18-15(2)8-7-12-21(18,5)6)11-13-26-20(25)17(4)23-19(24)16(3)22/h9-10,14,16-17H,7-8,11-13,22H2,1-6H3,(H,23,24)/b10-9+/t14?,16-,17-/m0/s1. The summed E-state index contributed by atoms with van der Waals surface area (Å²) in [5, 5.41) is 2.54. The normalized spacial score (nSPS) is 20.6. The van der Waals surface area contributed by atoms with Crippen LogP contribution in [-0.4, -0.2) is 30.6 Å². The number of carbonyl (C=O) groups is 2. The Labute approximate surface area is 158 Å². The molecule has 5 heteroatoms. The first-order chi connectivity index (χ1) is 12.0. The van der Waals surface area contributed by atoms with E-state index < -0.39 is 18.1 Å². The second-order valence-corrected chi connectivity index (χ2v) is 8.24. The molecule has 1 amide bonds. The van der Waals surface area contributed by atoms with Gasteiger partial charge in [0, 0.05) is 0 Å². The molecule has 1 aliphatic carbocycles. The lowest BCUT2D eigenvalue weighted by molar-refractivity contribution is -0.147. The first kappa shape index (κ1) is 22.4. The summed E-state index contributed by atoms with van der Waals surface area (Å²) in [7, 11) is 0. The smallest absolute Gasteiger partial charge is 0.328 e. The highest BCUT2D eigenvalue weighted by atomic mass is 16.5. The summed E-state index contributed by atoms with van der Waals surface area (Å²) in [5.74, 6) is -0.471. The molecular weight excluding hydrogens is 328 g/mol. The van der Waals surface area contributed by atoms with Crippen LogP contribution in [0, 0.1) is 11.3 Å². The van der Waals surface area contributed by atoms with E-state index in [2.05, 4.69) is 45.2 Å². The number of esters is 1. The molecule has 1 aliphatic rings. The van der Waals surface area contributed by atoms with E-state index in [1.165, 1.54) is 30.4 Å². The van der Waals surface area contributed by atoms with Crippen molar-refractivity contribution in [2.45, 2.75) is 79.3 Å². The predicted molar refractivity (Wildman–Crippen MR) is 105 cm³/mol. The Bertz CT molecular complexity index is 562. The first-order valence-corrected chi connectivity index (χ1v) is 9.65. The molecule has 0 saturated carbocycles. The number of hydrogen-bond acceptors (Lipinski definition) is 4. The molecule has 148 valence electrons. The van der Waals surface area contributed by atoms with Crippen molar-refractivity contribution >= 4 is 11.9 Å². The van der Waals surface area contributed by atoms with E-state index in [1.54, 1.807) is 13.8 Å². The van der Waals surface area contributed by atoms with Gasteiger partial charge in [-0.1, -0.05) is 38.5 Å². The van der Waals surface area contributed by atoms with E-state index in [0.29, 0.717) is 12.5 Å². The van der Waals surface area contributed by atoms with Crippen LogP contribution in [0.1, 0.15) is 67.2 Å². The summed E-state index contributed by atoms with van der Waals surface area (Å²) in [4.78, 5) is 23.4. The second-order valence-electron chi connectivity index (χ2n) is 8.24. The van der Waals surface area contributed by atoms with Gasteiger partial charge in [0.15, 0.2) is 0 Å². The van der Waals surface area contributed by atoms with Gasteiger partial charge in [-0.15, -0.1) is 0 Å². The molecule has 0 bridgehead atoms. The average Bonchev–Trinajstić information content (AvgIpc) is 2.53. The molecule has 1 rings (SSSR count). The highest BCUT2D eigenvalue weighted by molar-refractivity contribution is 5.86. The zero-order valence-electron chi connectivity index (χ0n) is 17.2. The van der Waals surface area contributed by atoms with E-state index in [9.17, 15) is 9.59 Å². The number of carbonyl (C=O) groups excluding carboxylic acids is 2. The van der Waals surface area contributed by atoms with Crippen LogP contribution >= 0.6 is 0 Å². The maximum atomic E-state index is 11.9. The number of allylic oxidation sites excluding steroid dienone is 4. The van der Waals surface area contributed by atoms with Crippen LogP contribution in [0.4, 0.5) is 0 Å². The molecule has 0 saturated heterocycles. The summed E-state index contributed by atoms with van der Waals surface area (Å²) in [6.45, 7) is 12.5. The first-order valence-electron chi connectivity index (χ1n) is 9.65. The van der Waals surface area contributed by atoms with Crippen LogP contribution in [0.5, 0.6) is 0 Å². The van der Waals surface area contributed by atoms with Crippen LogP contribution in [0.3, 0.4) is 0 Å². The summed E-state index contributed by atoms with van der Waals surface area (Å²) in [6.07, 6.45) is 8.89. The molecule has 0 fully saturated rings. The van der Waals surface area contributed by atoms with E-state index >= 15 is 0 Å². The van der Waals surface area contributed by atoms with Gasteiger partial charge < -0.3 is 15.8 Å². The van der Waals surface area contributed by atoms with Crippen LogP contribution < -0.4 is 11.1 Å². The van der Waals surface area contributed by atoms with Crippen molar-refractivity contribution in [1.82, 2.24) is 5.32 Å². The number of amides is 1. The molecule has 0 radical (unpaired) electrons. The van der Waals surface area contributed by atoms with Gasteiger partial charge in [0.25, 0.3) is 0 Å². The molecule has 3 atom stereocenters. The van der Waals surface area contributed by atoms with Crippen LogP contribution in [-0.2, 0) is 14.3 Å². The molecular formula is C21H36N2O3. The monoisotopic (exact) mass is 364 g/mol. The van der Waals surface area contributed by atoms with Crippen molar-refractivity contribution in [2.75, 3.05) is 6.61 Å². The SMILES string of the molecule is CC1=C(/C=C/C(C)CCOC(=O)[C@H](C)NC(=O)[C@H](C)N)C(C)(C)CCC1. The van der Waals surface area contributed by atoms with Crippen molar-refractivity contribution in [3.8, 4) is 0 Å². The van der Waals surface area contributed by atoms with E-state index in [-0.39, 0.29) is 11.3 Å². The third-order valence-electron chi connectivity index (χ3n) is 5.08. The fraction of sp³-hybridized carbons (Fsp3) is 0.714. The lowest BCUT2D eigenvalue weighted by Gasteiger charge is -2.33. The number of rotatable bonds is 8. The molecule has 0 heterocycles. The summed E-state index contributed by atoms with van der Waals surface area (Å²) in [6, 6.07) is -1.33. The van der Waals surface area contributed by atoms with Gasteiger partial charge in [0.2, 0.25) is 5.91 Å². The third-order valence-corrected chi connectivity index (χ3v) is 5.08. The molecule has 26 heavy (non-hydrogen) atoms. The van der Waals surface area contributed by atoms with E-state index in [1.807, 2.05) is 0 Å². The van der Waals surface area contributed by atoms with Crippen LogP contribution in [0.15, 0.2) is 23.3 Å². The van der Waals surface area contributed by atoms with Gasteiger partial charge in [-0.3, -0.25) is 4.79 Å². The minimum atomic E-state index is -0.685. The molecule has 3 N–H and O–H groups in total. The number of ether oxygens (including phenoxy) is 1. The lowest BCUT2D eigenvalue weighted by Crippen LogP contribution is -2.46. The fourth-order valence-electron chi connectivity index (χ4n) is 3.24. The Morgan fingerprint density at radius 1 is 1.31 bits per heavy atom. The van der Waals surface area contributed by atoms with Gasteiger partial charge in [-0.2, -0.15) is 0 Å². The largest absolute Gasteiger partial charge is 0.464 e. The maximum absolute atomic E-state index is 11.9. The van der Waals surface area contributed by atoms with Crippen molar-refractivity contribution in [1.29, 1.82) is 0 Å². The quantitative estimate of drug-likeness (QED) is 0.646. The number of nitrogens with two attached hydrogens (primary N) is 1. The van der Waals surface area contributed by atoms with Crippen molar-refractivity contribution in [3.05, 3.63) is 23.3 Å². The average molecular weight is 365 g/mol. The fourth-order valence-corrected chi connectivity index (χ4v) is 3.24. The highest BCUT2D eigenvalue weighted by Gasteiger charge is 2.26. The summed E-state index contributed by atoms with van der Waals surface area (Å²) >= 11 is 0. The molecule has 0 aromatic carbocycles. The second kappa shape index (κ2) is 9.91. The van der Waals surface area contributed by atoms with Crippen LogP contribution in [0.2, 0.25) is 0 Å². The molecule has 0 aliphatic heterocycles. The number of nitrogens with one attached hydrogen (secondary N) is 1. The van der Waals surface area contributed by atoms with Crippen molar-refractivity contribution < 1.29 is 14.3 Å². The highest BCUT2D eigenvalue weighted by Crippen LogP contribution is 2.40. The third kappa shape index (κ3) is 6.94. The molecule has 5 nitrogen and oxygen atoms in total. The Morgan fingerprint density at radius 3 is 2.54 bits per heavy atom. The zero-order valence-corrected chi connectivity index (χ0v) is 17.2. The predicted octanol–water partition coefficient (Wildman–Crippen LogP) is 3.49. The molecule has 0 aromatic rings. The summed E-state index contributed by atoms with van der Waals surface area (Å²) < 4.78 is 5.27. The lowest BCUT2D eigenvalue weighted by atomic mass is 9.72. The van der Waals surface area contributed by atoms with Crippen LogP contribution in [0.25, 0.3) is 0 Å². The van der Waals surface area contributed by atoms with Gasteiger partial charge in [-0.25, -0.2) is 4.79 Å². The Kier molecular flexibility index (Phi) is 8.54. The van der Waals surface area contributed by atoms with E-state index in [4.69, 9.17) is 10.5 Å². The summed E-state index contributed by atoms with van der Waals surface area (Å²) in [5.41, 5.74) is 8.63. The topological polar surface area (TPSA) is 81.4 Å². The van der Waals surface area contributed by atoms with E-state index in [0.717, 1.165) is 6.42 Å². The van der Waals surface area contributed by atoms with Crippen molar-refractivity contribution in [3.63, 3.8) is 0 Å².